The van der Waals surface area contributed by atoms with E-state index in [0.29, 0.717) is 11.4 Å². The Bertz CT molecular complexity index is 706. The average molecular weight is 258 g/mol. The summed E-state index contributed by atoms with van der Waals surface area (Å²) in [4.78, 5) is 0. The van der Waals surface area contributed by atoms with Gasteiger partial charge in [0.1, 0.15) is 5.82 Å². The maximum Gasteiger partial charge on any atom is 0.125 e. The number of rotatable bonds is 2. The third kappa shape index (κ3) is 2.02. The number of fused-ring (bicyclic) bond motifs is 1. The molecule has 3 rings (SSSR count). The molecule has 0 bridgehead atoms. The van der Waals surface area contributed by atoms with Crippen molar-refractivity contribution in [3.05, 3.63) is 53.7 Å². The lowest BCUT2D eigenvalue weighted by Crippen LogP contribution is -1.96. The summed E-state index contributed by atoms with van der Waals surface area (Å²) in [6.07, 6.45) is 0. The highest BCUT2D eigenvalue weighted by molar-refractivity contribution is 7.17. The molecule has 0 aliphatic carbocycles. The number of hydrogen-bond donors (Lipinski definition) is 2. The summed E-state index contributed by atoms with van der Waals surface area (Å²) in [5, 5.41) is 6.35. The third-order valence-electron chi connectivity index (χ3n) is 2.75. The number of halogens is 1. The van der Waals surface area contributed by atoms with Crippen molar-refractivity contribution in [3.8, 4) is 0 Å². The van der Waals surface area contributed by atoms with E-state index < -0.39 is 0 Å². The van der Waals surface area contributed by atoms with Gasteiger partial charge < -0.3 is 11.1 Å². The standard InChI is InChI=1S/C14H11FN2S/c15-10-1-3-12(16)13(8-10)17-11-2-4-14-9(7-11)5-6-18-14/h1-8,17H,16H2. The minimum absolute atomic E-state index is 0.302. The van der Waals surface area contributed by atoms with Gasteiger partial charge in [-0.1, -0.05) is 0 Å². The second kappa shape index (κ2) is 4.31. The van der Waals surface area contributed by atoms with E-state index >= 15 is 0 Å². The van der Waals surface area contributed by atoms with E-state index in [1.54, 1.807) is 17.4 Å². The zero-order chi connectivity index (χ0) is 12.5. The smallest absolute Gasteiger partial charge is 0.125 e. The largest absolute Gasteiger partial charge is 0.397 e. The summed E-state index contributed by atoms with van der Waals surface area (Å²) in [6.45, 7) is 0. The lowest BCUT2D eigenvalue weighted by atomic mass is 10.2. The van der Waals surface area contributed by atoms with Crippen molar-refractivity contribution < 1.29 is 4.39 Å². The molecule has 2 nitrogen and oxygen atoms in total. The van der Waals surface area contributed by atoms with E-state index in [1.807, 2.05) is 23.6 Å². The average Bonchev–Trinajstić information content (AvgIpc) is 2.81. The highest BCUT2D eigenvalue weighted by Gasteiger charge is 2.03. The van der Waals surface area contributed by atoms with E-state index in [0.717, 1.165) is 5.69 Å². The van der Waals surface area contributed by atoms with Crippen LogP contribution in [0.25, 0.3) is 10.1 Å². The number of anilines is 3. The summed E-state index contributed by atoms with van der Waals surface area (Å²) >= 11 is 1.70. The number of nitrogens with two attached hydrogens (primary N) is 1. The van der Waals surface area contributed by atoms with Crippen molar-refractivity contribution in [2.45, 2.75) is 0 Å². The Morgan fingerprint density at radius 3 is 2.83 bits per heavy atom. The minimum atomic E-state index is -0.302. The molecule has 0 atom stereocenters. The predicted octanol–water partition coefficient (Wildman–Crippen LogP) is 4.37. The van der Waals surface area contributed by atoms with E-state index in [1.165, 1.54) is 22.2 Å². The molecule has 0 aliphatic heterocycles. The summed E-state index contributed by atoms with van der Waals surface area (Å²) in [6, 6.07) is 12.4. The third-order valence-corrected chi connectivity index (χ3v) is 3.64. The van der Waals surface area contributed by atoms with Gasteiger partial charge in [0, 0.05) is 10.4 Å². The maximum absolute atomic E-state index is 13.2. The normalized spacial score (nSPS) is 10.7. The van der Waals surface area contributed by atoms with Crippen LogP contribution >= 0.6 is 11.3 Å². The van der Waals surface area contributed by atoms with Crippen LogP contribution in [0.5, 0.6) is 0 Å². The fourth-order valence-corrected chi connectivity index (χ4v) is 2.61. The molecule has 90 valence electrons. The minimum Gasteiger partial charge on any atom is -0.397 e. The Balaban J connectivity index is 1.97. The number of nitrogen functional groups attached to an aromatic ring is 1. The SMILES string of the molecule is Nc1ccc(F)cc1Nc1ccc2sccc2c1. The van der Waals surface area contributed by atoms with Crippen LogP contribution in [-0.2, 0) is 0 Å². The first-order chi connectivity index (χ1) is 8.72. The molecule has 0 saturated carbocycles. The number of benzene rings is 2. The highest BCUT2D eigenvalue weighted by atomic mass is 32.1. The molecule has 1 aromatic heterocycles. The zero-order valence-electron chi connectivity index (χ0n) is 9.48. The molecule has 0 amide bonds. The Kier molecular flexibility index (Phi) is 2.64. The molecule has 4 heteroatoms. The van der Waals surface area contributed by atoms with Gasteiger partial charge in [-0.15, -0.1) is 11.3 Å². The van der Waals surface area contributed by atoms with Crippen LogP contribution < -0.4 is 11.1 Å². The van der Waals surface area contributed by atoms with E-state index in [9.17, 15) is 4.39 Å². The summed E-state index contributed by atoms with van der Waals surface area (Å²) in [7, 11) is 0. The van der Waals surface area contributed by atoms with Crippen LogP contribution in [-0.4, -0.2) is 0 Å². The molecule has 3 N–H and O–H groups in total. The van der Waals surface area contributed by atoms with Crippen molar-refractivity contribution in [2.75, 3.05) is 11.1 Å². The first-order valence-corrected chi connectivity index (χ1v) is 6.40. The van der Waals surface area contributed by atoms with Gasteiger partial charge in [0.05, 0.1) is 11.4 Å². The molecule has 3 aromatic rings. The Labute approximate surface area is 108 Å². The second-order valence-electron chi connectivity index (χ2n) is 4.03. The molecule has 1 heterocycles. The first kappa shape index (κ1) is 11.0. The Hall–Kier alpha value is -2.07. The van der Waals surface area contributed by atoms with Gasteiger partial charge in [0.25, 0.3) is 0 Å². The van der Waals surface area contributed by atoms with E-state index in [-0.39, 0.29) is 5.82 Å². The molecule has 0 unspecified atom stereocenters. The van der Waals surface area contributed by atoms with Crippen LogP contribution in [0.2, 0.25) is 0 Å². The second-order valence-corrected chi connectivity index (χ2v) is 4.98. The van der Waals surface area contributed by atoms with Crippen molar-refractivity contribution in [2.24, 2.45) is 0 Å². The van der Waals surface area contributed by atoms with Gasteiger partial charge in [0.2, 0.25) is 0 Å². The number of nitrogens with one attached hydrogen (secondary N) is 1. The quantitative estimate of drug-likeness (QED) is 0.670. The van der Waals surface area contributed by atoms with Gasteiger partial charge in [-0.05, 0) is 53.2 Å². The van der Waals surface area contributed by atoms with E-state index in [2.05, 4.69) is 11.4 Å². The van der Waals surface area contributed by atoms with Crippen molar-refractivity contribution in [1.29, 1.82) is 0 Å². The highest BCUT2D eigenvalue weighted by Crippen LogP contribution is 2.28. The Morgan fingerprint density at radius 2 is 1.94 bits per heavy atom. The Morgan fingerprint density at radius 1 is 1.06 bits per heavy atom. The van der Waals surface area contributed by atoms with Crippen LogP contribution in [0.3, 0.4) is 0 Å². The fourth-order valence-electron chi connectivity index (χ4n) is 1.84. The van der Waals surface area contributed by atoms with Gasteiger partial charge >= 0.3 is 0 Å². The van der Waals surface area contributed by atoms with Crippen molar-refractivity contribution in [3.63, 3.8) is 0 Å². The van der Waals surface area contributed by atoms with Gasteiger partial charge in [-0.2, -0.15) is 0 Å². The number of hydrogen-bond acceptors (Lipinski definition) is 3. The molecular weight excluding hydrogens is 247 g/mol. The van der Waals surface area contributed by atoms with Crippen molar-refractivity contribution in [1.82, 2.24) is 0 Å². The molecule has 0 radical (unpaired) electrons. The summed E-state index contributed by atoms with van der Waals surface area (Å²) in [5.41, 5.74) is 7.82. The molecule has 0 aliphatic rings. The van der Waals surface area contributed by atoms with Crippen LogP contribution in [0.4, 0.5) is 21.5 Å². The lowest BCUT2D eigenvalue weighted by Gasteiger charge is -2.09. The fraction of sp³-hybridized carbons (Fsp3) is 0. The van der Waals surface area contributed by atoms with Gasteiger partial charge in [0.15, 0.2) is 0 Å². The molecule has 0 saturated heterocycles. The predicted molar refractivity (Wildman–Crippen MR) is 75.9 cm³/mol. The molecule has 0 spiro atoms. The molecule has 18 heavy (non-hydrogen) atoms. The van der Waals surface area contributed by atoms with E-state index in [4.69, 9.17) is 5.73 Å². The molecule has 0 fully saturated rings. The monoisotopic (exact) mass is 258 g/mol. The molecule has 2 aromatic carbocycles. The van der Waals surface area contributed by atoms with Crippen molar-refractivity contribution >= 4 is 38.5 Å². The summed E-state index contributed by atoms with van der Waals surface area (Å²) in [5.74, 6) is -0.302. The lowest BCUT2D eigenvalue weighted by molar-refractivity contribution is 0.628. The molecular formula is C14H11FN2S. The van der Waals surface area contributed by atoms with Crippen LogP contribution in [0.15, 0.2) is 47.8 Å². The maximum atomic E-state index is 13.2. The number of thiophene rings is 1. The van der Waals surface area contributed by atoms with Crippen LogP contribution in [0, 0.1) is 5.82 Å². The van der Waals surface area contributed by atoms with Crippen LogP contribution in [0.1, 0.15) is 0 Å². The first-order valence-electron chi connectivity index (χ1n) is 5.52. The van der Waals surface area contributed by atoms with Gasteiger partial charge in [-0.3, -0.25) is 0 Å². The van der Waals surface area contributed by atoms with Gasteiger partial charge in [-0.25, -0.2) is 4.39 Å². The topological polar surface area (TPSA) is 38.0 Å². The summed E-state index contributed by atoms with van der Waals surface area (Å²) < 4.78 is 14.4. The zero-order valence-corrected chi connectivity index (χ0v) is 10.3.